The van der Waals surface area contributed by atoms with Crippen molar-refractivity contribution >= 4 is 6.41 Å². The van der Waals surface area contributed by atoms with Gasteiger partial charge in [0.2, 0.25) is 6.41 Å². The number of halogens is 1. The lowest BCUT2D eigenvalue weighted by atomic mass is 10.1. The molecule has 0 radical (unpaired) electrons. The Morgan fingerprint density at radius 2 is 2.35 bits per heavy atom. The van der Waals surface area contributed by atoms with E-state index in [0.717, 1.165) is 5.56 Å². The third-order valence-corrected chi connectivity index (χ3v) is 2.94. The minimum Gasteiger partial charge on any atom is -0.490 e. The fourth-order valence-electron chi connectivity index (χ4n) is 1.59. The molecular weight excluding hydrogens is 221 g/mol. The van der Waals surface area contributed by atoms with Gasteiger partial charge in [-0.2, -0.15) is 0 Å². The Morgan fingerprint density at radius 3 is 3.00 bits per heavy atom. The Kier molecular flexibility index (Phi) is 3.61. The van der Waals surface area contributed by atoms with Crippen LogP contribution in [0.15, 0.2) is 18.2 Å². The molecule has 0 saturated heterocycles. The van der Waals surface area contributed by atoms with Gasteiger partial charge < -0.3 is 10.1 Å². The van der Waals surface area contributed by atoms with E-state index >= 15 is 0 Å². The maximum atomic E-state index is 13.5. The summed E-state index contributed by atoms with van der Waals surface area (Å²) in [5.74, 6) is 0.505. The van der Waals surface area contributed by atoms with Crippen LogP contribution in [0.1, 0.15) is 31.4 Å². The Hall–Kier alpha value is -1.58. The molecule has 4 heteroatoms. The summed E-state index contributed by atoms with van der Waals surface area (Å²) in [6, 6.07) is 4.54. The first-order valence-electron chi connectivity index (χ1n) is 5.82. The van der Waals surface area contributed by atoms with Gasteiger partial charge in [-0.25, -0.2) is 4.39 Å². The minimum absolute atomic E-state index is 0.142. The molecule has 92 valence electrons. The molecule has 17 heavy (non-hydrogen) atoms. The molecule has 1 amide bonds. The average molecular weight is 237 g/mol. The molecule has 0 bridgehead atoms. The Morgan fingerprint density at radius 1 is 1.59 bits per heavy atom. The number of carbonyl (C=O) groups is 1. The first kappa shape index (κ1) is 11.9. The summed E-state index contributed by atoms with van der Waals surface area (Å²) in [5.41, 5.74) is 0.837. The lowest BCUT2D eigenvalue weighted by Crippen LogP contribution is -2.16. The van der Waals surface area contributed by atoms with E-state index in [1.54, 1.807) is 12.1 Å². The van der Waals surface area contributed by atoms with Gasteiger partial charge in [-0.15, -0.1) is 0 Å². The average Bonchev–Trinajstić information content (AvgIpc) is 3.12. The van der Waals surface area contributed by atoms with Gasteiger partial charge in [0.15, 0.2) is 11.6 Å². The number of hydrogen-bond donors (Lipinski definition) is 1. The highest BCUT2D eigenvalue weighted by molar-refractivity contribution is 5.48. The van der Waals surface area contributed by atoms with Gasteiger partial charge >= 0.3 is 0 Å². The molecule has 0 heterocycles. The fraction of sp³-hybridized carbons (Fsp3) is 0.462. The maximum Gasteiger partial charge on any atom is 0.207 e. The molecule has 1 atom stereocenters. The van der Waals surface area contributed by atoms with Crippen LogP contribution in [0.25, 0.3) is 0 Å². The molecule has 1 N–H and O–H groups in total. The highest BCUT2D eigenvalue weighted by Crippen LogP contribution is 2.30. The van der Waals surface area contributed by atoms with E-state index in [0.29, 0.717) is 18.9 Å². The largest absolute Gasteiger partial charge is 0.490 e. The fourth-order valence-corrected chi connectivity index (χ4v) is 1.59. The van der Waals surface area contributed by atoms with Crippen LogP contribution in [-0.4, -0.2) is 13.0 Å². The number of benzene rings is 1. The maximum absolute atomic E-state index is 13.5. The van der Waals surface area contributed by atoms with Crippen molar-refractivity contribution in [3.05, 3.63) is 29.6 Å². The van der Waals surface area contributed by atoms with Crippen molar-refractivity contribution < 1.29 is 13.9 Å². The topological polar surface area (TPSA) is 38.3 Å². The number of amides is 1. The number of hydrogen-bond acceptors (Lipinski definition) is 2. The van der Waals surface area contributed by atoms with Crippen molar-refractivity contribution in [2.24, 2.45) is 5.92 Å². The van der Waals surface area contributed by atoms with Gasteiger partial charge in [-0.05, 0) is 43.4 Å². The summed E-state index contributed by atoms with van der Waals surface area (Å²) in [6.07, 6.45) is 2.98. The van der Waals surface area contributed by atoms with Crippen LogP contribution >= 0.6 is 0 Å². The molecule has 1 saturated carbocycles. The number of carbonyl (C=O) groups excluding carboxylic acids is 1. The lowest BCUT2D eigenvalue weighted by Gasteiger charge is -2.13. The first-order valence-corrected chi connectivity index (χ1v) is 5.82. The zero-order valence-corrected chi connectivity index (χ0v) is 9.78. The van der Waals surface area contributed by atoms with Crippen molar-refractivity contribution in [2.75, 3.05) is 6.61 Å². The van der Waals surface area contributed by atoms with Crippen molar-refractivity contribution in [2.45, 2.75) is 25.8 Å². The predicted molar refractivity (Wildman–Crippen MR) is 62.2 cm³/mol. The second-order valence-corrected chi connectivity index (χ2v) is 4.45. The van der Waals surface area contributed by atoms with Crippen LogP contribution in [0.2, 0.25) is 0 Å². The quantitative estimate of drug-likeness (QED) is 0.772. The van der Waals surface area contributed by atoms with E-state index in [-0.39, 0.29) is 17.6 Å². The Bertz CT molecular complexity index is 404. The van der Waals surface area contributed by atoms with E-state index in [4.69, 9.17) is 4.74 Å². The van der Waals surface area contributed by atoms with Gasteiger partial charge in [0.05, 0.1) is 12.6 Å². The summed E-state index contributed by atoms with van der Waals surface area (Å²) in [4.78, 5) is 10.3. The van der Waals surface area contributed by atoms with Gasteiger partial charge in [-0.3, -0.25) is 4.79 Å². The summed E-state index contributed by atoms with van der Waals surface area (Å²) in [5, 5.41) is 2.63. The van der Waals surface area contributed by atoms with Crippen LogP contribution in [0, 0.1) is 11.7 Å². The number of ether oxygens (including phenoxy) is 1. The molecule has 1 aliphatic carbocycles. The highest BCUT2D eigenvalue weighted by atomic mass is 19.1. The summed E-state index contributed by atoms with van der Waals surface area (Å²) >= 11 is 0. The molecule has 1 aromatic carbocycles. The van der Waals surface area contributed by atoms with Crippen molar-refractivity contribution in [3.8, 4) is 5.75 Å². The molecule has 1 aliphatic rings. The van der Waals surface area contributed by atoms with Crippen LogP contribution in [0.4, 0.5) is 4.39 Å². The van der Waals surface area contributed by atoms with Gasteiger partial charge in [0.25, 0.3) is 0 Å². The second-order valence-electron chi connectivity index (χ2n) is 4.45. The smallest absolute Gasteiger partial charge is 0.207 e. The summed E-state index contributed by atoms with van der Waals surface area (Å²) in [7, 11) is 0. The van der Waals surface area contributed by atoms with E-state index in [1.807, 2.05) is 6.92 Å². The van der Waals surface area contributed by atoms with Crippen LogP contribution in [-0.2, 0) is 4.79 Å². The van der Waals surface area contributed by atoms with E-state index in [9.17, 15) is 9.18 Å². The number of rotatable bonds is 6. The summed E-state index contributed by atoms with van der Waals surface area (Å²) in [6.45, 7) is 2.42. The van der Waals surface area contributed by atoms with Crippen LogP contribution in [0.5, 0.6) is 5.75 Å². The molecule has 0 aromatic heterocycles. The third kappa shape index (κ3) is 3.19. The van der Waals surface area contributed by atoms with Crippen molar-refractivity contribution in [3.63, 3.8) is 0 Å². The van der Waals surface area contributed by atoms with Crippen LogP contribution < -0.4 is 10.1 Å². The van der Waals surface area contributed by atoms with Gasteiger partial charge in [0.1, 0.15) is 0 Å². The van der Waals surface area contributed by atoms with Crippen molar-refractivity contribution in [1.29, 1.82) is 0 Å². The zero-order valence-electron chi connectivity index (χ0n) is 9.78. The molecule has 2 rings (SSSR count). The highest BCUT2D eigenvalue weighted by Gasteiger charge is 2.22. The van der Waals surface area contributed by atoms with Crippen LogP contribution in [0.3, 0.4) is 0 Å². The normalized spacial score (nSPS) is 16.4. The monoisotopic (exact) mass is 237 g/mol. The molecule has 1 fully saturated rings. The molecule has 0 spiro atoms. The SMILES string of the molecule is C[C@@H](NC=O)c1ccc(F)c(OCC2CC2)c1. The number of nitrogens with one attached hydrogen (secondary N) is 1. The van der Waals surface area contributed by atoms with Crippen molar-refractivity contribution in [1.82, 2.24) is 5.32 Å². The Balaban J connectivity index is 2.06. The lowest BCUT2D eigenvalue weighted by molar-refractivity contribution is -0.110. The standard InChI is InChI=1S/C13H16FNO2/c1-9(15-8-16)11-4-5-12(14)13(6-11)17-7-10-2-3-10/h4-6,8-10H,2-3,7H2,1H3,(H,15,16)/t9-/m1/s1. The first-order chi connectivity index (χ1) is 8.20. The third-order valence-electron chi connectivity index (χ3n) is 2.94. The molecule has 0 unspecified atom stereocenters. The zero-order chi connectivity index (χ0) is 12.3. The second kappa shape index (κ2) is 5.17. The van der Waals surface area contributed by atoms with Gasteiger partial charge in [-0.1, -0.05) is 6.07 Å². The Labute approximate surface area is 100.0 Å². The van der Waals surface area contributed by atoms with E-state index in [1.165, 1.54) is 18.9 Å². The molecule has 0 aliphatic heterocycles. The van der Waals surface area contributed by atoms with E-state index < -0.39 is 0 Å². The van der Waals surface area contributed by atoms with Gasteiger partial charge in [0, 0.05) is 0 Å². The van der Waals surface area contributed by atoms with E-state index in [2.05, 4.69) is 5.32 Å². The molecule has 3 nitrogen and oxygen atoms in total. The minimum atomic E-state index is -0.354. The molecule has 1 aromatic rings. The molecular formula is C13H16FNO2. The predicted octanol–water partition coefficient (Wildman–Crippen LogP) is 2.42. The summed E-state index contributed by atoms with van der Waals surface area (Å²) < 4.78 is 18.9.